The summed E-state index contributed by atoms with van der Waals surface area (Å²) in [7, 11) is 0. The molecule has 0 saturated carbocycles. The lowest BCUT2D eigenvalue weighted by molar-refractivity contribution is -0.118. The molecule has 0 aromatic heterocycles. The fraction of sp³-hybridized carbons (Fsp3) is 0.133. The van der Waals surface area contributed by atoms with Gasteiger partial charge in [-0.3, -0.25) is 4.79 Å². The zero-order valence-corrected chi connectivity index (χ0v) is 12.5. The van der Waals surface area contributed by atoms with Crippen LogP contribution in [0.15, 0.2) is 42.5 Å². The van der Waals surface area contributed by atoms with Crippen LogP contribution in [0.5, 0.6) is 5.75 Å². The highest BCUT2D eigenvalue weighted by atomic mass is 35.5. The van der Waals surface area contributed by atoms with Gasteiger partial charge in [-0.25, -0.2) is 0 Å². The Hall–Kier alpha value is -1.75. The molecule has 110 valence electrons. The van der Waals surface area contributed by atoms with Crippen LogP contribution in [-0.4, -0.2) is 17.6 Å². The average Bonchev–Trinajstić information content (AvgIpc) is 2.48. The number of amides is 1. The van der Waals surface area contributed by atoms with Crippen LogP contribution in [-0.2, 0) is 11.4 Å². The van der Waals surface area contributed by atoms with Crippen LogP contribution in [0.25, 0.3) is 0 Å². The number of ether oxygens (including phenoxy) is 1. The van der Waals surface area contributed by atoms with Crippen LogP contribution >= 0.6 is 23.2 Å². The van der Waals surface area contributed by atoms with Crippen molar-refractivity contribution >= 4 is 34.8 Å². The molecule has 0 unspecified atom stereocenters. The Morgan fingerprint density at radius 1 is 1.14 bits per heavy atom. The molecule has 2 aromatic carbocycles. The maximum Gasteiger partial charge on any atom is 0.262 e. The normalized spacial score (nSPS) is 10.2. The smallest absolute Gasteiger partial charge is 0.262 e. The lowest BCUT2D eigenvalue weighted by atomic mass is 10.2. The van der Waals surface area contributed by atoms with Crippen molar-refractivity contribution in [1.82, 2.24) is 0 Å². The predicted octanol–water partition coefficient (Wildman–Crippen LogP) is 3.50. The zero-order valence-electron chi connectivity index (χ0n) is 11.0. The van der Waals surface area contributed by atoms with E-state index in [4.69, 9.17) is 33.0 Å². The van der Waals surface area contributed by atoms with Crippen molar-refractivity contribution in [3.05, 3.63) is 58.1 Å². The second-order valence-corrected chi connectivity index (χ2v) is 5.11. The number of halogens is 2. The Bertz CT molecular complexity index is 629. The van der Waals surface area contributed by atoms with E-state index in [-0.39, 0.29) is 19.1 Å². The minimum atomic E-state index is -0.306. The topological polar surface area (TPSA) is 58.6 Å². The molecule has 1 amide bonds. The molecule has 0 heterocycles. The van der Waals surface area contributed by atoms with Crippen LogP contribution in [0.4, 0.5) is 5.69 Å². The summed E-state index contributed by atoms with van der Waals surface area (Å²) in [5.41, 5.74) is 1.31. The molecule has 21 heavy (non-hydrogen) atoms. The molecule has 0 saturated heterocycles. The van der Waals surface area contributed by atoms with Gasteiger partial charge in [-0.1, -0.05) is 29.3 Å². The molecule has 2 rings (SSSR count). The number of hydrogen-bond donors (Lipinski definition) is 2. The molecule has 0 aliphatic heterocycles. The zero-order chi connectivity index (χ0) is 15.2. The molecule has 0 fully saturated rings. The lowest BCUT2D eigenvalue weighted by Crippen LogP contribution is -2.20. The van der Waals surface area contributed by atoms with E-state index in [9.17, 15) is 4.79 Å². The number of anilines is 1. The summed E-state index contributed by atoms with van der Waals surface area (Å²) in [5.74, 6) is 0.0831. The van der Waals surface area contributed by atoms with E-state index in [1.807, 2.05) is 0 Å². The van der Waals surface area contributed by atoms with Gasteiger partial charge in [0.15, 0.2) is 6.61 Å². The molecular formula is C15H13Cl2NO3. The summed E-state index contributed by atoms with van der Waals surface area (Å²) < 4.78 is 5.34. The van der Waals surface area contributed by atoms with E-state index in [1.165, 1.54) is 0 Å². The molecule has 0 atom stereocenters. The highest BCUT2D eigenvalue weighted by Crippen LogP contribution is 2.25. The summed E-state index contributed by atoms with van der Waals surface area (Å²) in [6.07, 6.45) is 0. The first-order valence-electron chi connectivity index (χ1n) is 6.16. The molecule has 0 radical (unpaired) electrons. The van der Waals surface area contributed by atoms with Crippen molar-refractivity contribution in [3.8, 4) is 5.75 Å². The molecule has 2 N–H and O–H groups in total. The van der Waals surface area contributed by atoms with Gasteiger partial charge in [0.05, 0.1) is 11.6 Å². The van der Waals surface area contributed by atoms with E-state index in [0.717, 1.165) is 0 Å². The molecule has 6 heteroatoms. The van der Waals surface area contributed by atoms with Gasteiger partial charge in [-0.05, 0) is 42.0 Å². The number of aliphatic hydroxyl groups excluding tert-OH is 1. The van der Waals surface area contributed by atoms with E-state index in [2.05, 4.69) is 5.32 Å². The quantitative estimate of drug-likeness (QED) is 0.884. The van der Waals surface area contributed by atoms with E-state index >= 15 is 0 Å². The predicted molar refractivity (Wildman–Crippen MR) is 83.0 cm³/mol. The maximum absolute atomic E-state index is 11.8. The van der Waals surface area contributed by atoms with Crippen LogP contribution in [0.1, 0.15) is 5.56 Å². The summed E-state index contributed by atoms with van der Waals surface area (Å²) in [6, 6.07) is 11.6. The summed E-state index contributed by atoms with van der Waals surface area (Å²) in [6.45, 7) is -0.266. The summed E-state index contributed by atoms with van der Waals surface area (Å²) >= 11 is 11.7. The molecule has 2 aromatic rings. The summed E-state index contributed by atoms with van der Waals surface area (Å²) in [5, 5.41) is 12.6. The Labute approximate surface area is 132 Å². The summed E-state index contributed by atoms with van der Waals surface area (Å²) in [4.78, 5) is 11.8. The number of carbonyl (C=O) groups excluding carboxylic acids is 1. The molecule has 0 aliphatic rings. The Balaban J connectivity index is 1.90. The molecule has 0 bridgehead atoms. The average molecular weight is 326 g/mol. The minimum Gasteiger partial charge on any atom is -0.482 e. The number of aliphatic hydroxyl groups is 1. The Morgan fingerprint density at radius 2 is 1.86 bits per heavy atom. The second kappa shape index (κ2) is 7.31. The van der Waals surface area contributed by atoms with Crippen molar-refractivity contribution in [2.75, 3.05) is 11.9 Å². The fourth-order valence-electron chi connectivity index (χ4n) is 1.63. The van der Waals surface area contributed by atoms with Gasteiger partial charge in [-0.15, -0.1) is 0 Å². The number of carbonyl (C=O) groups is 1. The molecule has 0 spiro atoms. The Morgan fingerprint density at radius 3 is 2.48 bits per heavy atom. The van der Waals surface area contributed by atoms with Crippen molar-refractivity contribution in [3.63, 3.8) is 0 Å². The number of nitrogens with one attached hydrogen (secondary N) is 1. The van der Waals surface area contributed by atoms with Gasteiger partial charge in [0.2, 0.25) is 0 Å². The van der Waals surface area contributed by atoms with Gasteiger partial charge in [0.25, 0.3) is 5.91 Å². The minimum absolute atomic E-state index is 0.100. The highest BCUT2D eigenvalue weighted by molar-refractivity contribution is 6.32. The van der Waals surface area contributed by atoms with Crippen molar-refractivity contribution in [2.24, 2.45) is 0 Å². The first-order chi connectivity index (χ1) is 10.1. The van der Waals surface area contributed by atoms with Crippen molar-refractivity contribution in [2.45, 2.75) is 6.61 Å². The Kier molecular flexibility index (Phi) is 5.44. The van der Waals surface area contributed by atoms with E-state index in [1.54, 1.807) is 42.5 Å². The third-order valence-electron chi connectivity index (χ3n) is 2.67. The van der Waals surface area contributed by atoms with Crippen LogP contribution in [0.3, 0.4) is 0 Å². The molecule has 0 aliphatic carbocycles. The van der Waals surface area contributed by atoms with Gasteiger partial charge in [0.1, 0.15) is 5.75 Å². The van der Waals surface area contributed by atoms with E-state index in [0.29, 0.717) is 27.0 Å². The van der Waals surface area contributed by atoms with Crippen LogP contribution in [0.2, 0.25) is 10.0 Å². The standard InChI is InChI=1S/C15H13Cl2NO3/c16-11-2-4-12(5-3-11)18-15(20)9-21-14-6-1-10(8-19)7-13(14)17/h1-7,19H,8-9H2,(H,18,20). The molecule has 4 nitrogen and oxygen atoms in total. The van der Waals surface area contributed by atoms with Crippen LogP contribution in [0, 0.1) is 0 Å². The first kappa shape index (κ1) is 15.6. The lowest BCUT2D eigenvalue weighted by Gasteiger charge is -2.09. The van der Waals surface area contributed by atoms with Gasteiger partial charge in [-0.2, -0.15) is 0 Å². The number of benzene rings is 2. The number of rotatable bonds is 5. The van der Waals surface area contributed by atoms with Crippen molar-refractivity contribution < 1.29 is 14.6 Å². The SMILES string of the molecule is O=C(COc1ccc(CO)cc1Cl)Nc1ccc(Cl)cc1. The largest absolute Gasteiger partial charge is 0.482 e. The van der Waals surface area contributed by atoms with Gasteiger partial charge >= 0.3 is 0 Å². The maximum atomic E-state index is 11.8. The molecular weight excluding hydrogens is 313 g/mol. The first-order valence-corrected chi connectivity index (χ1v) is 6.91. The van der Waals surface area contributed by atoms with Crippen LogP contribution < -0.4 is 10.1 Å². The van der Waals surface area contributed by atoms with E-state index < -0.39 is 0 Å². The fourth-order valence-corrected chi connectivity index (χ4v) is 2.02. The number of hydrogen-bond acceptors (Lipinski definition) is 3. The van der Waals surface area contributed by atoms with Gasteiger partial charge in [0, 0.05) is 10.7 Å². The monoisotopic (exact) mass is 325 g/mol. The second-order valence-electron chi connectivity index (χ2n) is 4.27. The highest BCUT2D eigenvalue weighted by Gasteiger charge is 2.07. The third kappa shape index (κ3) is 4.63. The third-order valence-corrected chi connectivity index (χ3v) is 3.21. The van der Waals surface area contributed by atoms with Crippen molar-refractivity contribution in [1.29, 1.82) is 0 Å². The van der Waals surface area contributed by atoms with Gasteiger partial charge < -0.3 is 15.2 Å².